The van der Waals surface area contributed by atoms with E-state index in [4.69, 9.17) is 5.14 Å². The first-order chi connectivity index (χ1) is 14.9. The van der Waals surface area contributed by atoms with Crippen LogP contribution in [0.4, 0.5) is 0 Å². The molecule has 154 valence electrons. The molecule has 0 fully saturated rings. The van der Waals surface area contributed by atoms with Crippen LogP contribution in [0, 0.1) is 11.8 Å². The van der Waals surface area contributed by atoms with Gasteiger partial charge in [-0.1, -0.05) is 48.2 Å². The predicted octanol–water partition coefficient (Wildman–Crippen LogP) is 3.55. The summed E-state index contributed by atoms with van der Waals surface area (Å²) in [5.74, 6) is 6.17. The fourth-order valence-electron chi connectivity index (χ4n) is 3.33. The van der Waals surface area contributed by atoms with Gasteiger partial charge in [0.05, 0.1) is 11.4 Å². The maximum atomic E-state index is 12.9. The molecule has 4 rings (SSSR count). The lowest BCUT2D eigenvalue weighted by Gasteiger charge is -2.24. The molecule has 0 aliphatic carbocycles. The van der Waals surface area contributed by atoms with E-state index in [2.05, 4.69) is 11.8 Å². The summed E-state index contributed by atoms with van der Waals surface area (Å²) in [4.78, 5) is 14.4. The Balaban J connectivity index is 1.49. The van der Waals surface area contributed by atoms with Gasteiger partial charge in [0, 0.05) is 23.7 Å². The third-order valence-electron chi connectivity index (χ3n) is 4.98. The molecule has 0 radical (unpaired) electrons. The summed E-state index contributed by atoms with van der Waals surface area (Å²) in [6.07, 6.45) is 4.30. The second kappa shape index (κ2) is 8.60. The first-order valence-electron chi connectivity index (χ1n) is 9.68. The molecule has 3 aromatic rings. The van der Waals surface area contributed by atoms with Gasteiger partial charge in [-0.05, 0) is 59.2 Å². The first kappa shape index (κ1) is 20.6. The number of nitrogens with two attached hydrogens (primary N) is 1. The van der Waals surface area contributed by atoms with Crippen molar-refractivity contribution >= 4 is 22.0 Å². The summed E-state index contributed by atoms with van der Waals surface area (Å²) in [6, 6.07) is 21.7. The third kappa shape index (κ3) is 4.92. The molecule has 31 heavy (non-hydrogen) atoms. The highest BCUT2D eigenvalue weighted by Crippen LogP contribution is 2.23. The second-order valence-electron chi connectivity index (χ2n) is 7.20. The van der Waals surface area contributed by atoms with Crippen molar-refractivity contribution in [3.63, 3.8) is 0 Å². The number of hydrogen-bond donors (Lipinski definition) is 1. The van der Waals surface area contributed by atoms with E-state index in [0.717, 1.165) is 16.7 Å². The van der Waals surface area contributed by atoms with Crippen LogP contribution in [0.3, 0.4) is 0 Å². The molecule has 6 heteroatoms. The zero-order chi connectivity index (χ0) is 21.8. The van der Waals surface area contributed by atoms with Gasteiger partial charge in [0.15, 0.2) is 0 Å². The lowest BCUT2D eigenvalue weighted by molar-refractivity contribution is 0.0813. The maximum absolute atomic E-state index is 12.9. The molecule has 0 spiro atoms. The lowest BCUT2D eigenvalue weighted by atomic mass is 10.0. The van der Waals surface area contributed by atoms with Crippen molar-refractivity contribution in [2.24, 2.45) is 5.14 Å². The number of fused-ring (bicyclic) bond motifs is 1. The van der Waals surface area contributed by atoms with Crippen molar-refractivity contribution in [3.8, 4) is 11.8 Å². The molecule has 1 aliphatic rings. The number of amides is 1. The topological polar surface area (TPSA) is 80.5 Å². The molecule has 5 nitrogen and oxygen atoms in total. The van der Waals surface area contributed by atoms with Crippen molar-refractivity contribution in [2.75, 3.05) is 0 Å². The van der Waals surface area contributed by atoms with E-state index >= 15 is 0 Å². The monoisotopic (exact) mass is 428 g/mol. The molecule has 0 saturated heterocycles. The van der Waals surface area contributed by atoms with Crippen molar-refractivity contribution < 1.29 is 13.2 Å². The molecule has 3 aromatic carbocycles. The Morgan fingerprint density at radius 3 is 2.45 bits per heavy atom. The van der Waals surface area contributed by atoms with Gasteiger partial charge in [-0.3, -0.25) is 4.79 Å². The van der Waals surface area contributed by atoms with Gasteiger partial charge in [0.2, 0.25) is 10.0 Å². The minimum atomic E-state index is -3.79. The van der Waals surface area contributed by atoms with Crippen molar-refractivity contribution in [3.05, 3.63) is 107 Å². The Morgan fingerprint density at radius 1 is 1.00 bits per heavy atom. The molecule has 1 aliphatic heterocycles. The van der Waals surface area contributed by atoms with E-state index in [1.807, 2.05) is 54.6 Å². The van der Waals surface area contributed by atoms with E-state index < -0.39 is 10.0 Å². The fraction of sp³-hybridized carbons (Fsp3) is 0.0800. The highest BCUT2D eigenvalue weighted by atomic mass is 32.2. The normalized spacial score (nSPS) is 12.6. The van der Waals surface area contributed by atoms with Crippen LogP contribution in [0.2, 0.25) is 0 Å². The Hall–Kier alpha value is -3.66. The van der Waals surface area contributed by atoms with E-state index in [1.165, 1.54) is 29.8 Å². The fourth-order valence-corrected chi connectivity index (χ4v) is 3.84. The molecule has 0 saturated carbocycles. The molecule has 0 aromatic heterocycles. The van der Waals surface area contributed by atoms with Crippen LogP contribution in [0.15, 0.2) is 83.9 Å². The number of nitrogens with zero attached hydrogens (tertiary/aromatic N) is 1. The van der Waals surface area contributed by atoms with E-state index in [-0.39, 0.29) is 10.8 Å². The number of carbonyl (C=O) groups excluding carboxylic acids is 1. The lowest BCUT2D eigenvalue weighted by Crippen LogP contribution is -2.27. The highest BCUT2D eigenvalue weighted by Gasteiger charge is 2.19. The zero-order valence-electron chi connectivity index (χ0n) is 16.7. The van der Waals surface area contributed by atoms with Gasteiger partial charge in [0.25, 0.3) is 5.91 Å². The van der Waals surface area contributed by atoms with Crippen LogP contribution in [-0.2, 0) is 23.0 Å². The smallest absolute Gasteiger partial charge is 0.258 e. The van der Waals surface area contributed by atoms with E-state index in [1.54, 1.807) is 11.1 Å². The molecule has 2 N–H and O–H groups in total. The summed E-state index contributed by atoms with van der Waals surface area (Å²) in [6.45, 7) is 0.413. The van der Waals surface area contributed by atoms with Gasteiger partial charge in [0.1, 0.15) is 0 Å². The maximum Gasteiger partial charge on any atom is 0.258 e. The summed E-state index contributed by atoms with van der Waals surface area (Å²) in [7, 11) is -3.79. The summed E-state index contributed by atoms with van der Waals surface area (Å²) < 4.78 is 22.8. The molecular formula is C25H20N2O3S. The van der Waals surface area contributed by atoms with Crippen LogP contribution < -0.4 is 5.14 Å². The number of hydrogen-bond acceptors (Lipinski definition) is 3. The van der Waals surface area contributed by atoms with Gasteiger partial charge < -0.3 is 4.90 Å². The first-order valence-corrected chi connectivity index (χ1v) is 11.2. The predicted molar refractivity (Wildman–Crippen MR) is 120 cm³/mol. The van der Waals surface area contributed by atoms with Crippen LogP contribution in [-0.4, -0.2) is 19.2 Å². The van der Waals surface area contributed by atoms with Crippen molar-refractivity contribution in [2.45, 2.75) is 17.9 Å². The SMILES string of the molecule is NS(=O)(=O)c1ccc(C(=O)N2C=Cc3ccc(C#CCc4ccccc4)cc3C2)cc1. The van der Waals surface area contributed by atoms with Crippen molar-refractivity contribution in [1.82, 2.24) is 4.90 Å². The Labute approximate surface area is 181 Å². The van der Waals surface area contributed by atoms with E-state index in [0.29, 0.717) is 18.5 Å². The van der Waals surface area contributed by atoms with Crippen LogP contribution in [0.5, 0.6) is 0 Å². The summed E-state index contributed by atoms with van der Waals surface area (Å²) in [5, 5.41) is 5.12. The second-order valence-corrected chi connectivity index (χ2v) is 8.76. The average molecular weight is 429 g/mol. The number of sulfonamides is 1. The third-order valence-corrected chi connectivity index (χ3v) is 5.91. The molecule has 0 atom stereocenters. The van der Waals surface area contributed by atoms with Crippen molar-refractivity contribution in [1.29, 1.82) is 0 Å². The van der Waals surface area contributed by atoms with E-state index in [9.17, 15) is 13.2 Å². The Morgan fingerprint density at radius 2 is 1.74 bits per heavy atom. The number of benzene rings is 3. The van der Waals surface area contributed by atoms with Crippen LogP contribution >= 0.6 is 0 Å². The highest BCUT2D eigenvalue weighted by molar-refractivity contribution is 7.89. The van der Waals surface area contributed by atoms with Gasteiger partial charge in [-0.25, -0.2) is 13.6 Å². The number of rotatable bonds is 3. The van der Waals surface area contributed by atoms with Gasteiger partial charge >= 0.3 is 0 Å². The average Bonchev–Trinajstić information content (AvgIpc) is 2.78. The number of primary sulfonamides is 1. The standard InChI is InChI=1S/C25H20N2O3S/c26-31(29,30)24-13-11-22(12-14-24)25(28)27-16-15-21-10-9-20(17-23(21)18-27)8-4-7-19-5-2-1-3-6-19/h1-3,5-6,9-17H,7,18H2,(H2,26,29,30). The minimum absolute atomic E-state index is 0.0256. The van der Waals surface area contributed by atoms with Gasteiger partial charge in [-0.15, -0.1) is 0 Å². The summed E-state index contributed by atoms with van der Waals surface area (Å²) in [5.41, 5.74) is 4.50. The molecular weight excluding hydrogens is 408 g/mol. The largest absolute Gasteiger partial charge is 0.311 e. The van der Waals surface area contributed by atoms with Gasteiger partial charge in [-0.2, -0.15) is 0 Å². The summed E-state index contributed by atoms with van der Waals surface area (Å²) >= 11 is 0. The van der Waals surface area contributed by atoms with Crippen LogP contribution in [0.25, 0.3) is 6.08 Å². The minimum Gasteiger partial charge on any atom is -0.311 e. The molecule has 0 unspecified atom stereocenters. The molecule has 1 amide bonds. The molecule has 1 heterocycles. The zero-order valence-corrected chi connectivity index (χ0v) is 17.5. The van der Waals surface area contributed by atoms with Crippen LogP contribution in [0.1, 0.15) is 32.6 Å². The quantitative estimate of drug-likeness (QED) is 0.648. The number of carbonyl (C=O) groups is 1. The Bertz CT molecular complexity index is 1320. The molecule has 0 bridgehead atoms. The Kier molecular flexibility index (Phi) is 5.72.